The van der Waals surface area contributed by atoms with Gasteiger partial charge in [-0.25, -0.2) is 4.79 Å². The van der Waals surface area contributed by atoms with Gasteiger partial charge >= 0.3 is 5.97 Å². The second-order valence-corrected chi connectivity index (χ2v) is 7.95. The molecule has 0 aliphatic rings. The molecule has 0 amide bonds. The molecule has 5 N–H and O–H groups in total. The Bertz CT molecular complexity index is 1080. The van der Waals surface area contributed by atoms with Crippen LogP contribution in [0, 0.1) is 0 Å². The highest BCUT2D eigenvalue weighted by molar-refractivity contribution is 5.92. The molecular weight excluding hydrogens is 491 g/mol. The van der Waals surface area contributed by atoms with Gasteiger partial charge in [0, 0.05) is 18.8 Å². The zero-order chi connectivity index (χ0) is 23.8. The molecule has 3 rings (SSSR count). The molecule has 190 valence electrons. The average molecular weight is 523 g/mol. The van der Waals surface area contributed by atoms with Crippen molar-refractivity contribution >= 4 is 36.5 Å². The lowest BCUT2D eigenvalue weighted by Gasteiger charge is -2.14. The first-order valence-corrected chi connectivity index (χ1v) is 10.8. The van der Waals surface area contributed by atoms with Crippen molar-refractivity contribution < 1.29 is 24.5 Å². The molecule has 0 unspecified atom stereocenters. The van der Waals surface area contributed by atoms with Gasteiger partial charge in [0.15, 0.2) is 0 Å². The number of halogens is 2. The van der Waals surface area contributed by atoms with E-state index < -0.39 is 12.1 Å². The summed E-state index contributed by atoms with van der Waals surface area (Å²) in [5.41, 5.74) is 9.08. The maximum absolute atomic E-state index is 11.4. The van der Waals surface area contributed by atoms with Crippen LogP contribution in [0.15, 0.2) is 66.7 Å². The van der Waals surface area contributed by atoms with Crippen LogP contribution in [0.4, 0.5) is 5.69 Å². The van der Waals surface area contributed by atoms with E-state index in [-0.39, 0.29) is 36.5 Å². The normalized spacial score (nSPS) is 11.2. The second kappa shape index (κ2) is 14.4. The smallest absolute Gasteiger partial charge is 0.339 e. The summed E-state index contributed by atoms with van der Waals surface area (Å²) in [5.74, 6) is 0.0505. The van der Waals surface area contributed by atoms with Crippen molar-refractivity contribution in [2.75, 3.05) is 25.4 Å². The molecule has 0 bridgehead atoms. The van der Waals surface area contributed by atoms with E-state index in [4.69, 9.17) is 15.2 Å². The predicted octanol–water partition coefficient (Wildman–Crippen LogP) is 4.97. The molecule has 3 aromatic rings. The van der Waals surface area contributed by atoms with E-state index in [1.807, 2.05) is 50.2 Å². The van der Waals surface area contributed by atoms with Crippen LogP contribution in [0.5, 0.6) is 11.5 Å². The number of carboxylic acids is 1. The first-order valence-electron chi connectivity index (χ1n) is 10.8. The van der Waals surface area contributed by atoms with Crippen LogP contribution in [-0.4, -0.2) is 42.0 Å². The second-order valence-electron chi connectivity index (χ2n) is 7.95. The third-order valence-electron chi connectivity index (χ3n) is 4.94. The number of rotatable bonds is 11. The fraction of sp³-hybridized carbons (Fsp3) is 0.269. The number of hydrogen-bond acceptors (Lipinski definition) is 6. The summed E-state index contributed by atoms with van der Waals surface area (Å²) in [6.07, 6.45) is -0.764. The summed E-state index contributed by atoms with van der Waals surface area (Å²) < 4.78 is 11.4. The fourth-order valence-corrected chi connectivity index (χ4v) is 3.34. The predicted molar refractivity (Wildman–Crippen MR) is 143 cm³/mol. The standard InChI is InChI=1S/C26H30N2O5.2ClH/c1-17(2)33-25-15-19(8-11-23(25)26(30)31)18-6-9-22(10-7-18)32-13-12-28-16-24(29)20-4-3-5-21(27)14-20;;/h3-11,14-15,17,24,28-29H,12-13,16,27H2,1-2H3,(H,30,31);2*1H/t24-;;/m0../s1. The largest absolute Gasteiger partial charge is 0.492 e. The number of benzene rings is 3. The minimum absolute atomic E-state index is 0. The first-order chi connectivity index (χ1) is 15.8. The van der Waals surface area contributed by atoms with Crippen LogP contribution in [0.1, 0.15) is 35.9 Å². The molecular formula is C26H32Cl2N2O5. The number of hydrogen-bond donors (Lipinski definition) is 4. The Hall–Kier alpha value is -2.97. The van der Waals surface area contributed by atoms with Gasteiger partial charge in [0.2, 0.25) is 0 Å². The number of carbonyl (C=O) groups is 1. The van der Waals surface area contributed by atoms with Gasteiger partial charge in [0.1, 0.15) is 23.7 Å². The molecule has 35 heavy (non-hydrogen) atoms. The summed E-state index contributed by atoms with van der Waals surface area (Å²) in [4.78, 5) is 11.4. The number of nitrogens with two attached hydrogens (primary N) is 1. The van der Waals surface area contributed by atoms with Gasteiger partial charge in [-0.3, -0.25) is 0 Å². The van der Waals surface area contributed by atoms with Crippen molar-refractivity contribution in [2.45, 2.75) is 26.1 Å². The molecule has 0 saturated carbocycles. The van der Waals surface area contributed by atoms with Crippen molar-refractivity contribution in [2.24, 2.45) is 0 Å². The van der Waals surface area contributed by atoms with Crippen LogP contribution < -0.4 is 20.5 Å². The number of ether oxygens (including phenoxy) is 2. The number of carboxylic acid groups (broad SMARTS) is 1. The molecule has 0 radical (unpaired) electrons. The summed E-state index contributed by atoms with van der Waals surface area (Å²) in [5, 5.41) is 22.8. The molecule has 1 atom stereocenters. The molecule has 3 aromatic carbocycles. The molecule has 0 spiro atoms. The first kappa shape index (κ1) is 30.1. The quantitative estimate of drug-likeness (QED) is 0.207. The van der Waals surface area contributed by atoms with Gasteiger partial charge in [-0.1, -0.05) is 30.3 Å². The molecule has 0 heterocycles. The van der Waals surface area contributed by atoms with Gasteiger partial charge in [-0.15, -0.1) is 24.8 Å². The molecule has 9 heteroatoms. The van der Waals surface area contributed by atoms with E-state index in [0.717, 1.165) is 22.4 Å². The number of aliphatic hydroxyl groups excluding tert-OH is 1. The Labute approximate surface area is 218 Å². The van der Waals surface area contributed by atoms with Crippen molar-refractivity contribution in [3.63, 3.8) is 0 Å². The zero-order valence-electron chi connectivity index (χ0n) is 19.6. The van der Waals surface area contributed by atoms with Crippen molar-refractivity contribution in [3.8, 4) is 22.6 Å². The number of aliphatic hydroxyl groups is 1. The number of nitrogens with one attached hydrogen (secondary N) is 1. The highest BCUT2D eigenvalue weighted by atomic mass is 35.5. The Balaban J connectivity index is 0.00000306. The third-order valence-corrected chi connectivity index (χ3v) is 4.94. The summed E-state index contributed by atoms with van der Waals surface area (Å²) in [6.45, 7) is 5.14. The summed E-state index contributed by atoms with van der Waals surface area (Å²) in [6, 6.07) is 19.8. The Kier molecular flexibility index (Phi) is 12.4. The molecule has 0 aliphatic heterocycles. The lowest BCUT2D eigenvalue weighted by molar-refractivity contribution is 0.0690. The van der Waals surface area contributed by atoms with E-state index in [0.29, 0.717) is 31.1 Å². The Morgan fingerprint density at radius 3 is 2.31 bits per heavy atom. The van der Waals surface area contributed by atoms with E-state index in [2.05, 4.69) is 5.32 Å². The zero-order valence-corrected chi connectivity index (χ0v) is 21.3. The van der Waals surface area contributed by atoms with Gasteiger partial charge in [0.05, 0.1) is 12.2 Å². The molecule has 7 nitrogen and oxygen atoms in total. The summed E-state index contributed by atoms with van der Waals surface area (Å²) in [7, 11) is 0. The van der Waals surface area contributed by atoms with Crippen LogP contribution in [0.3, 0.4) is 0 Å². The number of anilines is 1. The van der Waals surface area contributed by atoms with Crippen molar-refractivity contribution in [3.05, 3.63) is 77.9 Å². The van der Waals surface area contributed by atoms with Crippen LogP contribution in [0.2, 0.25) is 0 Å². The van der Waals surface area contributed by atoms with E-state index in [1.54, 1.807) is 30.3 Å². The van der Waals surface area contributed by atoms with Crippen LogP contribution in [-0.2, 0) is 0 Å². The SMILES string of the molecule is CC(C)Oc1cc(-c2ccc(OCCNC[C@H](O)c3cccc(N)c3)cc2)ccc1C(=O)O.Cl.Cl. The minimum atomic E-state index is -1.02. The van der Waals surface area contributed by atoms with E-state index in [9.17, 15) is 15.0 Å². The van der Waals surface area contributed by atoms with Crippen molar-refractivity contribution in [1.29, 1.82) is 0 Å². The highest BCUT2D eigenvalue weighted by Gasteiger charge is 2.14. The molecule has 0 fully saturated rings. The molecule has 0 aliphatic carbocycles. The maximum atomic E-state index is 11.4. The maximum Gasteiger partial charge on any atom is 0.339 e. The van der Waals surface area contributed by atoms with Gasteiger partial charge in [-0.05, 0) is 66.9 Å². The Morgan fingerprint density at radius 2 is 1.69 bits per heavy atom. The van der Waals surface area contributed by atoms with Gasteiger partial charge < -0.3 is 30.7 Å². The topological polar surface area (TPSA) is 114 Å². The fourth-order valence-electron chi connectivity index (χ4n) is 3.34. The Morgan fingerprint density at radius 1 is 1.00 bits per heavy atom. The van der Waals surface area contributed by atoms with Crippen molar-refractivity contribution in [1.82, 2.24) is 5.32 Å². The van der Waals surface area contributed by atoms with E-state index >= 15 is 0 Å². The number of aromatic carboxylic acids is 1. The van der Waals surface area contributed by atoms with E-state index in [1.165, 1.54) is 0 Å². The average Bonchev–Trinajstić information content (AvgIpc) is 2.78. The van der Waals surface area contributed by atoms with Crippen LogP contribution >= 0.6 is 24.8 Å². The summed E-state index contributed by atoms with van der Waals surface area (Å²) >= 11 is 0. The number of nitrogen functional groups attached to an aromatic ring is 1. The lowest BCUT2D eigenvalue weighted by atomic mass is 10.0. The lowest BCUT2D eigenvalue weighted by Crippen LogP contribution is -2.26. The molecule has 0 aromatic heterocycles. The van der Waals surface area contributed by atoms with Crippen LogP contribution in [0.25, 0.3) is 11.1 Å². The molecule has 0 saturated heterocycles. The van der Waals surface area contributed by atoms with Gasteiger partial charge in [0.25, 0.3) is 0 Å². The monoisotopic (exact) mass is 522 g/mol. The van der Waals surface area contributed by atoms with Gasteiger partial charge in [-0.2, -0.15) is 0 Å². The third kappa shape index (κ3) is 8.96. The minimum Gasteiger partial charge on any atom is -0.492 e. The highest BCUT2D eigenvalue weighted by Crippen LogP contribution is 2.29.